The molecule has 1 aliphatic heterocycles. The van der Waals surface area contributed by atoms with Gasteiger partial charge in [-0.2, -0.15) is 4.98 Å². The summed E-state index contributed by atoms with van der Waals surface area (Å²) in [6, 6.07) is 14.0. The van der Waals surface area contributed by atoms with Crippen LogP contribution in [0.2, 0.25) is 0 Å². The fraction of sp³-hybridized carbons (Fsp3) is 0.375. The molecule has 0 aliphatic carbocycles. The summed E-state index contributed by atoms with van der Waals surface area (Å²) in [5.74, 6) is 1.20. The van der Waals surface area contributed by atoms with Gasteiger partial charge in [-0.1, -0.05) is 46.2 Å². The zero-order chi connectivity index (χ0) is 21.8. The molecule has 7 heteroatoms. The maximum Gasteiger partial charge on any atom is 0.241 e. The zero-order valence-electron chi connectivity index (χ0n) is 17.9. The average molecular weight is 483 g/mol. The van der Waals surface area contributed by atoms with E-state index in [1.54, 1.807) is 0 Å². The molecule has 6 nitrogen and oxygen atoms in total. The number of para-hydroxylation sites is 1. The number of aryl methyl sites for hydroxylation is 2. The van der Waals surface area contributed by atoms with Crippen molar-refractivity contribution in [3.8, 4) is 11.4 Å². The van der Waals surface area contributed by atoms with Gasteiger partial charge in [0.05, 0.1) is 12.5 Å². The molecule has 2 heterocycles. The number of amides is 1. The van der Waals surface area contributed by atoms with Crippen LogP contribution in [0.1, 0.15) is 36.8 Å². The molecule has 1 N–H and O–H groups in total. The van der Waals surface area contributed by atoms with Crippen molar-refractivity contribution in [2.24, 2.45) is 5.92 Å². The Morgan fingerprint density at radius 1 is 1.26 bits per heavy atom. The Bertz CT molecular complexity index is 1050. The highest BCUT2D eigenvalue weighted by Crippen LogP contribution is 2.25. The number of rotatable bonds is 6. The summed E-state index contributed by atoms with van der Waals surface area (Å²) in [6.07, 6.45) is 2.76. The topological polar surface area (TPSA) is 71.3 Å². The third-order valence-corrected chi connectivity index (χ3v) is 6.32. The van der Waals surface area contributed by atoms with Crippen LogP contribution >= 0.6 is 15.9 Å². The normalized spacial score (nSPS) is 16.9. The van der Waals surface area contributed by atoms with Crippen LogP contribution in [0.5, 0.6) is 0 Å². The van der Waals surface area contributed by atoms with Crippen LogP contribution in [0.3, 0.4) is 0 Å². The number of aromatic nitrogens is 2. The third kappa shape index (κ3) is 5.22. The Morgan fingerprint density at radius 3 is 2.84 bits per heavy atom. The molecular formula is C24H27BrN4O2. The van der Waals surface area contributed by atoms with Crippen LogP contribution in [0.4, 0.5) is 5.69 Å². The minimum atomic E-state index is -0.0491. The Kier molecular flexibility index (Phi) is 6.83. The summed E-state index contributed by atoms with van der Waals surface area (Å²) >= 11 is 3.44. The number of carbonyl (C=O) groups is 1. The summed E-state index contributed by atoms with van der Waals surface area (Å²) in [5, 5.41) is 7.31. The molecule has 31 heavy (non-hydrogen) atoms. The van der Waals surface area contributed by atoms with Crippen LogP contribution in [-0.2, 0) is 17.8 Å². The van der Waals surface area contributed by atoms with Gasteiger partial charge in [0.1, 0.15) is 0 Å². The number of benzene rings is 2. The first kappa shape index (κ1) is 21.7. The standard InChI is InChI=1S/C24H27BrN4O2/c1-3-17-7-4-6-16(2)22(17)27-24(30)19-8-5-13-29(14-19)15-21-26-23(28-31-21)18-9-11-20(25)12-10-18/h4,6-7,9-12,19H,3,5,8,13-15H2,1-2H3,(H,27,30). The zero-order valence-corrected chi connectivity index (χ0v) is 19.5. The summed E-state index contributed by atoms with van der Waals surface area (Å²) in [4.78, 5) is 19.8. The quantitative estimate of drug-likeness (QED) is 0.521. The maximum atomic E-state index is 13.0. The first-order valence-electron chi connectivity index (χ1n) is 10.7. The summed E-state index contributed by atoms with van der Waals surface area (Å²) in [5.41, 5.74) is 4.15. The molecule has 162 valence electrons. The second-order valence-electron chi connectivity index (χ2n) is 8.04. The highest BCUT2D eigenvalue weighted by atomic mass is 79.9. The molecule has 3 aromatic rings. The predicted octanol–water partition coefficient (Wildman–Crippen LogP) is 5.22. The highest BCUT2D eigenvalue weighted by Gasteiger charge is 2.27. The van der Waals surface area contributed by atoms with Crippen LogP contribution in [0.15, 0.2) is 51.5 Å². The monoisotopic (exact) mass is 482 g/mol. The summed E-state index contributed by atoms with van der Waals surface area (Å²) in [7, 11) is 0. The third-order valence-electron chi connectivity index (χ3n) is 5.79. The molecule has 1 amide bonds. The van der Waals surface area contributed by atoms with E-state index in [9.17, 15) is 4.79 Å². The molecule has 1 aliphatic rings. The second kappa shape index (κ2) is 9.75. The van der Waals surface area contributed by atoms with Gasteiger partial charge in [0.15, 0.2) is 0 Å². The Hall–Kier alpha value is -2.51. The Labute approximate surface area is 191 Å². The van der Waals surface area contributed by atoms with Gasteiger partial charge in [0.2, 0.25) is 17.6 Å². The van der Waals surface area contributed by atoms with Crippen LogP contribution in [0, 0.1) is 12.8 Å². The SMILES string of the molecule is CCc1cccc(C)c1NC(=O)C1CCCN(Cc2nc(-c3ccc(Br)cc3)no2)C1. The van der Waals surface area contributed by atoms with Crippen molar-refractivity contribution < 1.29 is 9.32 Å². The highest BCUT2D eigenvalue weighted by molar-refractivity contribution is 9.10. The van der Waals surface area contributed by atoms with Crippen LogP contribution < -0.4 is 5.32 Å². The Balaban J connectivity index is 1.39. The molecule has 2 aromatic carbocycles. The molecule has 1 fully saturated rings. The van der Waals surface area contributed by atoms with Gasteiger partial charge in [0, 0.05) is 22.3 Å². The lowest BCUT2D eigenvalue weighted by atomic mass is 9.96. The van der Waals surface area contributed by atoms with Gasteiger partial charge < -0.3 is 9.84 Å². The average Bonchev–Trinajstić information content (AvgIpc) is 3.24. The minimum absolute atomic E-state index is 0.0491. The summed E-state index contributed by atoms with van der Waals surface area (Å²) in [6.45, 7) is 6.32. The van der Waals surface area contributed by atoms with Crippen molar-refractivity contribution in [3.63, 3.8) is 0 Å². The van der Waals surface area contributed by atoms with Gasteiger partial charge in [-0.05, 0) is 68.1 Å². The Morgan fingerprint density at radius 2 is 2.06 bits per heavy atom. The number of anilines is 1. The van der Waals surface area contributed by atoms with E-state index >= 15 is 0 Å². The molecule has 1 unspecified atom stereocenters. The summed E-state index contributed by atoms with van der Waals surface area (Å²) < 4.78 is 6.48. The van der Waals surface area contributed by atoms with Crippen molar-refractivity contribution >= 4 is 27.5 Å². The molecule has 1 saturated heterocycles. The number of likely N-dealkylation sites (tertiary alicyclic amines) is 1. The number of halogens is 1. The van der Waals surface area contributed by atoms with Gasteiger partial charge in [-0.3, -0.25) is 9.69 Å². The van der Waals surface area contributed by atoms with E-state index in [0.29, 0.717) is 24.8 Å². The van der Waals surface area contributed by atoms with E-state index in [4.69, 9.17) is 4.52 Å². The van der Waals surface area contributed by atoms with Crippen molar-refractivity contribution in [1.29, 1.82) is 0 Å². The van der Waals surface area contributed by atoms with E-state index in [1.807, 2.05) is 43.3 Å². The lowest BCUT2D eigenvalue weighted by Gasteiger charge is -2.31. The van der Waals surface area contributed by atoms with E-state index in [0.717, 1.165) is 47.1 Å². The van der Waals surface area contributed by atoms with Gasteiger partial charge in [-0.15, -0.1) is 0 Å². The fourth-order valence-electron chi connectivity index (χ4n) is 4.07. The number of hydrogen-bond donors (Lipinski definition) is 1. The molecule has 0 spiro atoms. The van der Waals surface area contributed by atoms with E-state index in [1.165, 1.54) is 5.56 Å². The number of nitrogens with one attached hydrogen (secondary N) is 1. The van der Waals surface area contributed by atoms with Crippen molar-refractivity contribution in [3.05, 3.63) is 64.0 Å². The number of nitrogens with zero attached hydrogens (tertiary/aromatic N) is 3. The second-order valence-corrected chi connectivity index (χ2v) is 8.96. The molecular weight excluding hydrogens is 456 g/mol. The van der Waals surface area contributed by atoms with Gasteiger partial charge in [-0.25, -0.2) is 0 Å². The van der Waals surface area contributed by atoms with E-state index in [-0.39, 0.29) is 11.8 Å². The lowest BCUT2D eigenvalue weighted by Crippen LogP contribution is -2.40. The molecule has 1 aromatic heterocycles. The van der Waals surface area contributed by atoms with Crippen LogP contribution in [-0.4, -0.2) is 34.0 Å². The smallest absolute Gasteiger partial charge is 0.241 e. The number of hydrogen-bond acceptors (Lipinski definition) is 5. The molecule has 1 atom stereocenters. The minimum Gasteiger partial charge on any atom is -0.338 e. The van der Waals surface area contributed by atoms with Crippen molar-refractivity contribution in [1.82, 2.24) is 15.0 Å². The predicted molar refractivity (Wildman–Crippen MR) is 125 cm³/mol. The van der Waals surface area contributed by atoms with E-state index in [2.05, 4.69) is 49.3 Å². The largest absolute Gasteiger partial charge is 0.338 e. The first-order chi connectivity index (χ1) is 15.0. The fourth-order valence-corrected chi connectivity index (χ4v) is 4.33. The molecule has 0 radical (unpaired) electrons. The number of piperidine rings is 1. The van der Waals surface area contributed by atoms with Gasteiger partial charge >= 0.3 is 0 Å². The molecule has 4 rings (SSSR count). The van der Waals surface area contributed by atoms with Crippen molar-refractivity contribution in [2.45, 2.75) is 39.7 Å². The lowest BCUT2D eigenvalue weighted by molar-refractivity contribution is -0.121. The van der Waals surface area contributed by atoms with Crippen molar-refractivity contribution in [2.75, 3.05) is 18.4 Å². The van der Waals surface area contributed by atoms with Gasteiger partial charge in [0.25, 0.3) is 0 Å². The van der Waals surface area contributed by atoms with Crippen LogP contribution in [0.25, 0.3) is 11.4 Å². The molecule has 0 bridgehead atoms. The number of carbonyl (C=O) groups excluding carboxylic acids is 1. The molecule has 0 saturated carbocycles. The van der Waals surface area contributed by atoms with E-state index < -0.39 is 0 Å². The maximum absolute atomic E-state index is 13.0. The first-order valence-corrected chi connectivity index (χ1v) is 11.5.